The number of carboxylic acids is 1. The van der Waals surface area contributed by atoms with Crippen molar-refractivity contribution in [1.29, 1.82) is 0 Å². The first-order valence-electron chi connectivity index (χ1n) is 4.37. The molecule has 0 fully saturated rings. The summed E-state index contributed by atoms with van der Waals surface area (Å²) in [5, 5.41) is 11.4. The summed E-state index contributed by atoms with van der Waals surface area (Å²) in [5.74, 6) is -0.974. The molecule has 0 saturated carbocycles. The van der Waals surface area contributed by atoms with Crippen LogP contribution in [0.25, 0.3) is 0 Å². The standard InChI is InChI=1S/C9H17NO4/c1-8(9(11)12)7-10-3-4-14-6-5-13-2/h10H,1,3-7H2,2H3,(H,11,12). The van der Waals surface area contributed by atoms with Crippen LogP contribution in [-0.4, -0.2) is 51.1 Å². The second kappa shape index (κ2) is 8.68. The van der Waals surface area contributed by atoms with Crippen molar-refractivity contribution >= 4 is 5.97 Å². The van der Waals surface area contributed by atoms with Crippen LogP contribution in [0.3, 0.4) is 0 Å². The third-order valence-electron chi connectivity index (χ3n) is 1.50. The molecule has 0 aromatic heterocycles. The molecular formula is C9H17NO4. The average molecular weight is 203 g/mol. The monoisotopic (exact) mass is 203 g/mol. The highest BCUT2D eigenvalue weighted by Gasteiger charge is 2.01. The summed E-state index contributed by atoms with van der Waals surface area (Å²) >= 11 is 0. The van der Waals surface area contributed by atoms with Gasteiger partial charge in [0.05, 0.1) is 19.8 Å². The average Bonchev–Trinajstić information content (AvgIpc) is 2.16. The molecule has 0 unspecified atom stereocenters. The van der Waals surface area contributed by atoms with Crippen LogP contribution in [0.4, 0.5) is 0 Å². The lowest BCUT2D eigenvalue weighted by Crippen LogP contribution is -2.24. The molecule has 0 aromatic carbocycles. The lowest BCUT2D eigenvalue weighted by atomic mass is 10.3. The third kappa shape index (κ3) is 7.72. The third-order valence-corrected chi connectivity index (χ3v) is 1.50. The van der Waals surface area contributed by atoms with Gasteiger partial charge in [-0.1, -0.05) is 6.58 Å². The fourth-order valence-corrected chi connectivity index (χ4v) is 0.704. The zero-order chi connectivity index (χ0) is 10.8. The summed E-state index contributed by atoms with van der Waals surface area (Å²) in [6, 6.07) is 0. The molecule has 0 radical (unpaired) electrons. The normalized spacial score (nSPS) is 10.1. The molecule has 0 aliphatic heterocycles. The van der Waals surface area contributed by atoms with E-state index in [0.29, 0.717) is 26.4 Å². The minimum absolute atomic E-state index is 0.155. The van der Waals surface area contributed by atoms with E-state index in [1.165, 1.54) is 0 Å². The van der Waals surface area contributed by atoms with Crippen LogP contribution in [0.1, 0.15) is 0 Å². The number of ether oxygens (including phenoxy) is 2. The molecule has 0 bridgehead atoms. The highest BCUT2D eigenvalue weighted by atomic mass is 16.5. The minimum Gasteiger partial charge on any atom is -0.478 e. The van der Waals surface area contributed by atoms with E-state index in [1.54, 1.807) is 7.11 Å². The number of aliphatic carboxylic acids is 1. The number of hydrogen-bond donors (Lipinski definition) is 2. The molecule has 82 valence electrons. The van der Waals surface area contributed by atoms with E-state index in [1.807, 2.05) is 0 Å². The Morgan fingerprint density at radius 1 is 1.43 bits per heavy atom. The highest BCUT2D eigenvalue weighted by Crippen LogP contribution is 1.85. The maximum absolute atomic E-state index is 10.3. The predicted octanol–water partition coefficient (Wildman–Crippen LogP) is -0.120. The molecule has 0 aliphatic rings. The van der Waals surface area contributed by atoms with Crippen molar-refractivity contribution in [3.05, 3.63) is 12.2 Å². The Balaban J connectivity index is 3.13. The van der Waals surface area contributed by atoms with E-state index in [4.69, 9.17) is 14.6 Å². The van der Waals surface area contributed by atoms with Crippen LogP contribution in [0.15, 0.2) is 12.2 Å². The highest BCUT2D eigenvalue weighted by molar-refractivity contribution is 5.86. The van der Waals surface area contributed by atoms with Gasteiger partial charge in [-0.2, -0.15) is 0 Å². The summed E-state index contributed by atoms with van der Waals surface area (Å²) in [7, 11) is 1.61. The summed E-state index contributed by atoms with van der Waals surface area (Å²) in [6.07, 6.45) is 0. The SMILES string of the molecule is C=C(CNCCOCCOC)C(=O)O. The Labute approximate surface area is 83.7 Å². The summed E-state index contributed by atoms with van der Waals surface area (Å²) in [5.41, 5.74) is 0.155. The molecule has 0 heterocycles. The van der Waals surface area contributed by atoms with Gasteiger partial charge in [-0.3, -0.25) is 0 Å². The van der Waals surface area contributed by atoms with Crippen molar-refractivity contribution < 1.29 is 19.4 Å². The van der Waals surface area contributed by atoms with Gasteiger partial charge in [0.25, 0.3) is 0 Å². The smallest absolute Gasteiger partial charge is 0.332 e. The van der Waals surface area contributed by atoms with Gasteiger partial charge in [0.15, 0.2) is 0 Å². The molecule has 0 amide bonds. The number of nitrogens with one attached hydrogen (secondary N) is 1. The zero-order valence-electron chi connectivity index (χ0n) is 8.41. The van der Waals surface area contributed by atoms with Crippen molar-refractivity contribution in [2.45, 2.75) is 0 Å². The molecule has 14 heavy (non-hydrogen) atoms. The molecule has 5 nitrogen and oxygen atoms in total. The fourth-order valence-electron chi connectivity index (χ4n) is 0.704. The number of rotatable bonds is 9. The van der Waals surface area contributed by atoms with E-state index < -0.39 is 5.97 Å². The van der Waals surface area contributed by atoms with E-state index >= 15 is 0 Å². The Morgan fingerprint density at radius 2 is 2.14 bits per heavy atom. The van der Waals surface area contributed by atoms with Crippen LogP contribution in [-0.2, 0) is 14.3 Å². The minimum atomic E-state index is -0.974. The predicted molar refractivity (Wildman–Crippen MR) is 52.3 cm³/mol. The number of methoxy groups -OCH3 is 1. The maximum atomic E-state index is 10.3. The fraction of sp³-hybridized carbons (Fsp3) is 0.667. The van der Waals surface area contributed by atoms with Gasteiger partial charge >= 0.3 is 5.97 Å². The van der Waals surface area contributed by atoms with Crippen LogP contribution >= 0.6 is 0 Å². The first-order valence-corrected chi connectivity index (χ1v) is 4.37. The van der Waals surface area contributed by atoms with Crippen molar-refractivity contribution in [1.82, 2.24) is 5.32 Å². The van der Waals surface area contributed by atoms with Crippen LogP contribution in [0.2, 0.25) is 0 Å². The summed E-state index contributed by atoms with van der Waals surface area (Å²) < 4.78 is 9.93. The van der Waals surface area contributed by atoms with Gasteiger partial charge in [-0.05, 0) is 0 Å². The Bertz CT molecular complexity index is 182. The van der Waals surface area contributed by atoms with Crippen molar-refractivity contribution in [3.63, 3.8) is 0 Å². The zero-order valence-corrected chi connectivity index (χ0v) is 8.41. The lowest BCUT2D eigenvalue weighted by Gasteiger charge is -2.05. The molecule has 0 rings (SSSR count). The van der Waals surface area contributed by atoms with Crippen molar-refractivity contribution in [3.8, 4) is 0 Å². The summed E-state index contributed by atoms with van der Waals surface area (Å²) in [6.45, 7) is 5.93. The Kier molecular flexibility index (Phi) is 8.11. The number of carbonyl (C=O) groups is 1. The van der Waals surface area contributed by atoms with Crippen LogP contribution < -0.4 is 5.32 Å². The maximum Gasteiger partial charge on any atom is 0.332 e. The van der Waals surface area contributed by atoms with Gasteiger partial charge in [0, 0.05) is 25.8 Å². The van der Waals surface area contributed by atoms with Gasteiger partial charge in [-0.25, -0.2) is 4.79 Å². The molecule has 0 spiro atoms. The largest absolute Gasteiger partial charge is 0.478 e. The second-order valence-electron chi connectivity index (χ2n) is 2.69. The van der Waals surface area contributed by atoms with E-state index in [9.17, 15) is 4.79 Å². The first kappa shape index (κ1) is 13.1. The summed E-state index contributed by atoms with van der Waals surface area (Å²) in [4.78, 5) is 10.3. The topological polar surface area (TPSA) is 67.8 Å². The molecule has 0 saturated heterocycles. The van der Waals surface area contributed by atoms with Gasteiger partial charge in [0.2, 0.25) is 0 Å². The molecule has 0 atom stereocenters. The van der Waals surface area contributed by atoms with E-state index in [-0.39, 0.29) is 12.1 Å². The van der Waals surface area contributed by atoms with E-state index in [2.05, 4.69) is 11.9 Å². The van der Waals surface area contributed by atoms with Crippen LogP contribution in [0, 0.1) is 0 Å². The first-order chi connectivity index (χ1) is 6.68. The van der Waals surface area contributed by atoms with Gasteiger partial charge in [-0.15, -0.1) is 0 Å². The van der Waals surface area contributed by atoms with Crippen LogP contribution in [0.5, 0.6) is 0 Å². The lowest BCUT2D eigenvalue weighted by molar-refractivity contribution is -0.132. The second-order valence-corrected chi connectivity index (χ2v) is 2.69. The molecule has 2 N–H and O–H groups in total. The van der Waals surface area contributed by atoms with Crippen molar-refractivity contribution in [2.24, 2.45) is 0 Å². The Morgan fingerprint density at radius 3 is 2.71 bits per heavy atom. The molecule has 0 aromatic rings. The number of hydrogen-bond acceptors (Lipinski definition) is 4. The molecular weight excluding hydrogens is 186 g/mol. The quantitative estimate of drug-likeness (QED) is 0.404. The molecule has 5 heteroatoms. The van der Waals surface area contributed by atoms with Gasteiger partial charge in [0.1, 0.15) is 0 Å². The van der Waals surface area contributed by atoms with Crippen molar-refractivity contribution in [2.75, 3.05) is 40.0 Å². The van der Waals surface area contributed by atoms with Gasteiger partial charge < -0.3 is 19.9 Å². The number of carboxylic acid groups (broad SMARTS) is 1. The van der Waals surface area contributed by atoms with E-state index in [0.717, 1.165) is 0 Å². The Hall–Kier alpha value is -0.910. The molecule has 0 aliphatic carbocycles.